The molecule has 0 aromatic heterocycles. The molecule has 0 radical (unpaired) electrons. The number of benzene rings is 1. The normalized spacial score (nSPS) is 9.56. The molecular formula is C12H16N4O2. The number of nitrogens with one attached hydrogen (secondary N) is 2. The van der Waals surface area contributed by atoms with Gasteiger partial charge >= 0.3 is 6.03 Å². The third-order valence-electron chi connectivity index (χ3n) is 2.31. The molecule has 0 aliphatic heterocycles. The molecular weight excluding hydrogens is 232 g/mol. The zero-order chi connectivity index (χ0) is 13.4. The van der Waals surface area contributed by atoms with E-state index < -0.39 is 6.03 Å². The quantitative estimate of drug-likeness (QED) is 0.631. The first-order valence-electron chi connectivity index (χ1n) is 5.48. The first kappa shape index (κ1) is 13.8. The van der Waals surface area contributed by atoms with Gasteiger partial charge in [0.05, 0.1) is 12.7 Å². The smallest absolute Gasteiger partial charge is 0.312 e. The van der Waals surface area contributed by atoms with E-state index in [2.05, 4.69) is 16.7 Å². The molecule has 0 aliphatic carbocycles. The van der Waals surface area contributed by atoms with E-state index in [-0.39, 0.29) is 0 Å². The van der Waals surface area contributed by atoms with Crippen molar-refractivity contribution < 1.29 is 9.53 Å². The molecule has 0 fully saturated rings. The van der Waals surface area contributed by atoms with Crippen molar-refractivity contribution in [2.75, 3.05) is 20.2 Å². The maximum absolute atomic E-state index is 10.4. The van der Waals surface area contributed by atoms with Gasteiger partial charge in [-0.2, -0.15) is 5.26 Å². The Balaban J connectivity index is 2.44. The monoisotopic (exact) mass is 248 g/mol. The second kappa shape index (κ2) is 7.14. The van der Waals surface area contributed by atoms with Crippen LogP contribution in [-0.4, -0.2) is 26.2 Å². The number of nitrogens with zero attached hydrogens (tertiary/aromatic N) is 1. The summed E-state index contributed by atoms with van der Waals surface area (Å²) in [4.78, 5) is 10.4. The summed E-state index contributed by atoms with van der Waals surface area (Å²) in [6, 6.07) is 6.96. The van der Waals surface area contributed by atoms with Crippen LogP contribution in [0.25, 0.3) is 0 Å². The highest BCUT2D eigenvalue weighted by Crippen LogP contribution is 2.18. The van der Waals surface area contributed by atoms with Crippen molar-refractivity contribution in [2.45, 2.75) is 6.54 Å². The van der Waals surface area contributed by atoms with E-state index in [0.29, 0.717) is 30.9 Å². The molecule has 18 heavy (non-hydrogen) atoms. The highest BCUT2D eigenvalue weighted by atomic mass is 16.5. The van der Waals surface area contributed by atoms with Crippen molar-refractivity contribution in [3.05, 3.63) is 29.3 Å². The fourth-order valence-corrected chi connectivity index (χ4v) is 1.46. The lowest BCUT2D eigenvalue weighted by atomic mass is 10.1. The minimum atomic E-state index is -0.534. The number of carbonyl (C=O) groups excluding carboxylic acids is 1. The zero-order valence-corrected chi connectivity index (χ0v) is 10.2. The summed E-state index contributed by atoms with van der Waals surface area (Å²) in [6.45, 7) is 1.69. The molecule has 0 aliphatic rings. The maximum atomic E-state index is 10.4. The number of rotatable bonds is 6. The van der Waals surface area contributed by atoms with Gasteiger partial charge < -0.3 is 21.1 Å². The summed E-state index contributed by atoms with van der Waals surface area (Å²) in [7, 11) is 1.53. The predicted octanol–water partition coefficient (Wildman–Crippen LogP) is 0.325. The second-order valence-electron chi connectivity index (χ2n) is 3.61. The lowest BCUT2D eigenvalue weighted by molar-refractivity contribution is 0.249. The number of urea groups is 1. The molecule has 0 bridgehead atoms. The summed E-state index contributed by atoms with van der Waals surface area (Å²) in [5, 5.41) is 14.5. The molecule has 1 rings (SSSR count). The molecule has 6 nitrogen and oxygen atoms in total. The van der Waals surface area contributed by atoms with Crippen LogP contribution in [0, 0.1) is 11.3 Å². The molecule has 0 unspecified atom stereocenters. The fourth-order valence-electron chi connectivity index (χ4n) is 1.46. The molecule has 0 spiro atoms. The molecule has 0 heterocycles. The van der Waals surface area contributed by atoms with Crippen LogP contribution in [0.15, 0.2) is 18.2 Å². The minimum Gasteiger partial charge on any atom is -0.495 e. The Morgan fingerprint density at radius 3 is 2.89 bits per heavy atom. The fraction of sp³-hybridized carbons (Fsp3) is 0.333. The maximum Gasteiger partial charge on any atom is 0.312 e. The van der Waals surface area contributed by atoms with Crippen molar-refractivity contribution in [3.63, 3.8) is 0 Å². The number of hydrogen-bond donors (Lipinski definition) is 3. The van der Waals surface area contributed by atoms with Crippen molar-refractivity contribution in [1.82, 2.24) is 10.6 Å². The number of ether oxygens (including phenoxy) is 1. The zero-order valence-electron chi connectivity index (χ0n) is 10.2. The summed E-state index contributed by atoms with van der Waals surface area (Å²) in [6.07, 6.45) is 0. The summed E-state index contributed by atoms with van der Waals surface area (Å²) >= 11 is 0. The van der Waals surface area contributed by atoms with Crippen molar-refractivity contribution in [2.24, 2.45) is 5.73 Å². The minimum absolute atomic E-state index is 0.469. The average molecular weight is 248 g/mol. The van der Waals surface area contributed by atoms with Crippen molar-refractivity contribution in [3.8, 4) is 11.8 Å². The molecule has 96 valence electrons. The number of nitrogens with two attached hydrogens (primary N) is 1. The van der Waals surface area contributed by atoms with E-state index in [1.54, 1.807) is 12.1 Å². The van der Waals surface area contributed by atoms with E-state index >= 15 is 0 Å². The molecule has 2 amide bonds. The third-order valence-corrected chi connectivity index (χ3v) is 2.31. The summed E-state index contributed by atoms with van der Waals surface area (Å²) < 4.78 is 5.06. The number of amides is 2. The molecule has 6 heteroatoms. The van der Waals surface area contributed by atoms with Crippen LogP contribution < -0.4 is 21.1 Å². The van der Waals surface area contributed by atoms with Crippen LogP contribution in [0.3, 0.4) is 0 Å². The van der Waals surface area contributed by atoms with Gasteiger partial charge in [0.2, 0.25) is 0 Å². The highest BCUT2D eigenvalue weighted by Gasteiger charge is 2.03. The van der Waals surface area contributed by atoms with Crippen molar-refractivity contribution in [1.29, 1.82) is 5.26 Å². The Labute approximate surface area is 106 Å². The van der Waals surface area contributed by atoms with E-state index in [9.17, 15) is 4.79 Å². The van der Waals surface area contributed by atoms with Gasteiger partial charge in [-0.1, -0.05) is 6.07 Å². The van der Waals surface area contributed by atoms with Gasteiger partial charge in [0, 0.05) is 19.6 Å². The first-order valence-corrected chi connectivity index (χ1v) is 5.48. The van der Waals surface area contributed by atoms with E-state index in [4.69, 9.17) is 15.7 Å². The van der Waals surface area contributed by atoms with Gasteiger partial charge in [0.1, 0.15) is 11.8 Å². The van der Waals surface area contributed by atoms with Crippen LogP contribution in [0.2, 0.25) is 0 Å². The lowest BCUT2D eigenvalue weighted by Gasteiger charge is -2.07. The van der Waals surface area contributed by atoms with E-state index in [1.807, 2.05) is 6.07 Å². The Hall–Kier alpha value is -2.26. The van der Waals surface area contributed by atoms with Crippen molar-refractivity contribution >= 4 is 6.03 Å². The summed E-state index contributed by atoms with van der Waals surface area (Å²) in [5.41, 5.74) is 6.41. The Morgan fingerprint density at radius 2 is 2.28 bits per heavy atom. The molecule has 0 saturated carbocycles. The number of hydrogen-bond acceptors (Lipinski definition) is 4. The molecule has 0 saturated heterocycles. The predicted molar refractivity (Wildman–Crippen MR) is 67.0 cm³/mol. The molecule has 4 N–H and O–H groups in total. The lowest BCUT2D eigenvalue weighted by Crippen LogP contribution is -2.35. The number of carbonyl (C=O) groups is 1. The van der Waals surface area contributed by atoms with Crippen LogP contribution in [0.4, 0.5) is 4.79 Å². The average Bonchev–Trinajstić information content (AvgIpc) is 2.37. The molecule has 1 aromatic rings. The van der Waals surface area contributed by atoms with E-state index in [1.165, 1.54) is 7.11 Å². The topological polar surface area (TPSA) is 100 Å². The van der Waals surface area contributed by atoms with Gasteiger partial charge in [0.15, 0.2) is 0 Å². The Kier molecular flexibility index (Phi) is 5.48. The van der Waals surface area contributed by atoms with Gasteiger partial charge in [-0.3, -0.25) is 0 Å². The van der Waals surface area contributed by atoms with Gasteiger partial charge in [-0.25, -0.2) is 4.79 Å². The van der Waals surface area contributed by atoms with Gasteiger partial charge in [-0.15, -0.1) is 0 Å². The number of primary amides is 1. The van der Waals surface area contributed by atoms with Crippen LogP contribution in [0.1, 0.15) is 11.1 Å². The van der Waals surface area contributed by atoms with Crippen LogP contribution >= 0.6 is 0 Å². The Bertz CT molecular complexity index is 454. The van der Waals surface area contributed by atoms with Crippen LogP contribution in [0.5, 0.6) is 5.75 Å². The molecule has 0 atom stereocenters. The third kappa shape index (κ3) is 4.31. The Morgan fingerprint density at radius 1 is 1.50 bits per heavy atom. The molecule has 1 aromatic carbocycles. The first-order chi connectivity index (χ1) is 8.67. The van der Waals surface area contributed by atoms with Gasteiger partial charge in [0.25, 0.3) is 0 Å². The number of methoxy groups -OCH3 is 1. The highest BCUT2D eigenvalue weighted by molar-refractivity contribution is 5.71. The van der Waals surface area contributed by atoms with E-state index in [0.717, 1.165) is 5.56 Å². The second-order valence-corrected chi connectivity index (χ2v) is 3.61. The largest absolute Gasteiger partial charge is 0.495 e. The number of nitriles is 1. The SMILES string of the molecule is COc1ccc(CNCCNC(N)=O)cc1C#N. The standard InChI is InChI=1S/C12H16N4O2/c1-18-11-3-2-9(6-10(11)7-13)8-15-4-5-16-12(14)17/h2-3,6,15H,4-5,8H2,1H3,(H3,14,16,17). The summed E-state index contributed by atoms with van der Waals surface area (Å²) in [5.74, 6) is 0.566. The van der Waals surface area contributed by atoms with Gasteiger partial charge in [-0.05, 0) is 17.7 Å². The van der Waals surface area contributed by atoms with Crippen LogP contribution in [-0.2, 0) is 6.54 Å².